The fourth-order valence-corrected chi connectivity index (χ4v) is 4.91. The molecule has 32 heavy (non-hydrogen) atoms. The van der Waals surface area contributed by atoms with Crippen LogP contribution >= 0.6 is 0 Å². The number of carboxylic acids is 1. The number of aliphatic carboxylic acids is 1. The molecule has 2 N–H and O–H groups in total. The summed E-state index contributed by atoms with van der Waals surface area (Å²) in [4.78, 5) is 11.3. The minimum atomic E-state index is -3.77. The highest BCUT2D eigenvalue weighted by molar-refractivity contribution is 7.92. The number of fused-ring (bicyclic) bond motifs is 1. The highest BCUT2D eigenvalue weighted by atomic mass is 32.2. The monoisotopic (exact) mass is 452 g/mol. The summed E-state index contributed by atoms with van der Waals surface area (Å²) in [5.41, 5.74) is 3.51. The van der Waals surface area contributed by atoms with Crippen LogP contribution in [-0.4, -0.2) is 24.1 Å². The number of rotatable bonds is 7. The van der Waals surface area contributed by atoms with Gasteiger partial charge in [0.1, 0.15) is 5.82 Å². The normalized spacial score (nSPS) is 11.6. The molecule has 4 aromatic rings. The van der Waals surface area contributed by atoms with Gasteiger partial charge in [-0.1, -0.05) is 30.3 Å². The molecule has 0 aliphatic carbocycles. The minimum absolute atomic E-state index is 0.0597. The van der Waals surface area contributed by atoms with Gasteiger partial charge in [0.25, 0.3) is 10.0 Å². The Morgan fingerprint density at radius 2 is 1.72 bits per heavy atom. The number of nitrogens with zero attached hydrogens (tertiary/aromatic N) is 1. The van der Waals surface area contributed by atoms with E-state index in [0.29, 0.717) is 5.69 Å². The Balaban J connectivity index is 1.84. The molecule has 0 saturated heterocycles. The molecule has 0 radical (unpaired) electrons. The van der Waals surface area contributed by atoms with Gasteiger partial charge in [-0.2, -0.15) is 0 Å². The van der Waals surface area contributed by atoms with E-state index in [4.69, 9.17) is 5.11 Å². The van der Waals surface area contributed by atoms with E-state index in [9.17, 15) is 17.6 Å². The predicted octanol–water partition coefficient (Wildman–Crippen LogP) is 5.03. The van der Waals surface area contributed by atoms with Gasteiger partial charge < -0.3 is 9.67 Å². The van der Waals surface area contributed by atoms with Crippen molar-refractivity contribution < 1.29 is 22.7 Å². The number of nitrogens with one attached hydrogen (secondary N) is 1. The van der Waals surface area contributed by atoms with Gasteiger partial charge in [0.2, 0.25) is 0 Å². The number of carbonyl (C=O) groups is 1. The van der Waals surface area contributed by atoms with Gasteiger partial charge in [0, 0.05) is 34.4 Å². The van der Waals surface area contributed by atoms with Crippen LogP contribution in [0.2, 0.25) is 0 Å². The minimum Gasteiger partial charge on any atom is -0.481 e. The van der Waals surface area contributed by atoms with Crippen LogP contribution in [0.1, 0.15) is 12.1 Å². The number of hydrogen-bond donors (Lipinski definition) is 2. The van der Waals surface area contributed by atoms with Gasteiger partial charge in [-0.3, -0.25) is 9.52 Å². The first-order chi connectivity index (χ1) is 15.3. The summed E-state index contributed by atoms with van der Waals surface area (Å²) in [6, 6.07) is 19.2. The SMILES string of the molecule is Cc1c(-c2ccc(F)cc2)c2cc(NS(=O)(=O)c3ccccc3)ccc2n1CCC(=O)O. The molecule has 0 unspecified atom stereocenters. The van der Waals surface area contributed by atoms with E-state index in [0.717, 1.165) is 27.7 Å². The average molecular weight is 453 g/mol. The molecule has 0 amide bonds. The average Bonchev–Trinajstić information content (AvgIpc) is 3.04. The van der Waals surface area contributed by atoms with Gasteiger partial charge in [0.15, 0.2) is 0 Å². The Morgan fingerprint density at radius 3 is 2.38 bits per heavy atom. The zero-order valence-electron chi connectivity index (χ0n) is 17.2. The largest absolute Gasteiger partial charge is 0.481 e. The molecule has 0 aliphatic rings. The lowest BCUT2D eigenvalue weighted by atomic mass is 10.0. The van der Waals surface area contributed by atoms with E-state index in [1.165, 1.54) is 24.3 Å². The summed E-state index contributed by atoms with van der Waals surface area (Å²) in [5, 5.41) is 9.88. The van der Waals surface area contributed by atoms with Crippen LogP contribution in [0.25, 0.3) is 22.0 Å². The highest BCUT2D eigenvalue weighted by Crippen LogP contribution is 2.36. The zero-order valence-corrected chi connectivity index (χ0v) is 18.1. The molecular weight excluding hydrogens is 431 g/mol. The van der Waals surface area contributed by atoms with Crippen molar-refractivity contribution in [2.75, 3.05) is 4.72 Å². The van der Waals surface area contributed by atoms with Crippen LogP contribution in [0.15, 0.2) is 77.7 Å². The second-order valence-electron chi connectivity index (χ2n) is 7.41. The Kier molecular flexibility index (Phi) is 5.71. The Hall–Kier alpha value is -3.65. The van der Waals surface area contributed by atoms with Crippen molar-refractivity contribution in [2.45, 2.75) is 24.8 Å². The topological polar surface area (TPSA) is 88.4 Å². The quantitative estimate of drug-likeness (QED) is 0.412. The van der Waals surface area contributed by atoms with Gasteiger partial charge in [-0.05, 0) is 55.0 Å². The molecule has 1 aromatic heterocycles. The number of carboxylic acid groups (broad SMARTS) is 1. The smallest absolute Gasteiger partial charge is 0.305 e. The number of benzene rings is 3. The number of halogens is 1. The number of sulfonamides is 1. The fraction of sp³-hybridized carbons (Fsp3) is 0.125. The molecule has 0 bridgehead atoms. The van der Waals surface area contributed by atoms with Gasteiger partial charge in [0.05, 0.1) is 11.3 Å². The van der Waals surface area contributed by atoms with Crippen LogP contribution in [0, 0.1) is 12.7 Å². The highest BCUT2D eigenvalue weighted by Gasteiger charge is 2.19. The van der Waals surface area contributed by atoms with Crippen LogP contribution < -0.4 is 4.72 Å². The van der Waals surface area contributed by atoms with E-state index >= 15 is 0 Å². The standard InChI is InChI=1S/C24H21FN2O4S/c1-16-24(17-7-9-18(25)10-8-17)21-15-19(11-12-22(21)27(16)14-13-23(28)29)26-32(30,31)20-5-3-2-4-6-20/h2-12,15,26H,13-14H2,1H3,(H,28,29). The van der Waals surface area contributed by atoms with Crippen molar-refractivity contribution in [1.82, 2.24) is 4.57 Å². The van der Waals surface area contributed by atoms with Crippen molar-refractivity contribution in [3.8, 4) is 11.1 Å². The number of hydrogen-bond acceptors (Lipinski definition) is 3. The molecule has 1 heterocycles. The summed E-state index contributed by atoms with van der Waals surface area (Å²) < 4.78 is 43.5. The molecule has 6 nitrogen and oxygen atoms in total. The van der Waals surface area contributed by atoms with E-state index in [1.54, 1.807) is 48.5 Å². The lowest BCUT2D eigenvalue weighted by Gasteiger charge is -2.09. The maximum Gasteiger partial charge on any atom is 0.305 e. The maximum atomic E-state index is 13.5. The number of anilines is 1. The zero-order chi connectivity index (χ0) is 22.9. The molecule has 0 atom stereocenters. The van der Waals surface area contributed by atoms with Crippen molar-refractivity contribution in [3.63, 3.8) is 0 Å². The summed E-state index contributed by atoms with van der Waals surface area (Å²) in [6.07, 6.45) is -0.0597. The van der Waals surface area contributed by atoms with E-state index in [2.05, 4.69) is 4.72 Å². The molecule has 0 fully saturated rings. The number of aryl methyl sites for hydroxylation is 1. The third-order valence-electron chi connectivity index (χ3n) is 5.31. The molecule has 3 aromatic carbocycles. The first-order valence-corrected chi connectivity index (χ1v) is 11.4. The lowest BCUT2D eigenvalue weighted by Crippen LogP contribution is -2.12. The third kappa shape index (κ3) is 4.22. The lowest BCUT2D eigenvalue weighted by molar-refractivity contribution is -0.137. The molecule has 8 heteroatoms. The third-order valence-corrected chi connectivity index (χ3v) is 6.71. The van der Waals surface area contributed by atoms with Crippen LogP contribution in [0.4, 0.5) is 10.1 Å². The second-order valence-corrected chi connectivity index (χ2v) is 9.10. The fourth-order valence-electron chi connectivity index (χ4n) is 3.84. The van der Waals surface area contributed by atoms with Crippen molar-refractivity contribution in [3.05, 3.63) is 84.3 Å². The van der Waals surface area contributed by atoms with Gasteiger partial charge >= 0.3 is 5.97 Å². The van der Waals surface area contributed by atoms with Crippen molar-refractivity contribution in [2.24, 2.45) is 0 Å². The van der Waals surface area contributed by atoms with Gasteiger partial charge in [-0.25, -0.2) is 12.8 Å². The molecular formula is C24H21FN2O4S. The van der Waals surface area contributed by atoms with Crippen LogP contribution in [0.3, 0.4) is 0 Å². The summed E-state index contributed by atoms with van der Waals surface area (Å²) in [7, 11) is -3.77. The molecule has 0 spiro atoms. The van der Waals surface area contributed by atoms with Crippen LogP contribution in [0.5, 0.6) is 0 Å². The summed E-state index contributed by atoms with van der Waals surface area (Å²) in [6.45, 7) is 2.13. The predicted molar refractivity (Wildman–Crippen MR) is 122 cm³/mol. The Labute approximate surface area is 185 Å². The summed E-state index contributed by atoms with van der Waals surface area (Å²) in [5.74, 6) is -1.28. The second kappa shape index (κ2) is 8.47. The first kappa shape index (κ1) is 21.6. The van der Waals surface area contributed by atoms with E-state index < -0.39 is 16.0 Å². The summed E-state index contributed by atoms with van der Waals surface area (Å²) >= 11 is 0. The Bertz CT molecular complexity index is 1400. The Morgan fingerprint density at radius 1 is 1.03 bits per heavy atom. The number of aromatic nitrogens is 1. The molecule has 0 saturated carbocycles. The van der Waals surface area contributed by atoms with E-state index in [1.807, 2.05) is 11.5 Å². The van der Waals surface area contributed by atoms with Crippen molar-refractivity contribution >= 4 is 32.6 Å². The molecule has 4 rings (SSSR count). The van der Waals surface area contributed by atoms with E-state index in [-0.39, 0.29) is 23.7 Å². The maximum absolute atomic E-state index is 13.5. The first-order valence-electron chi connectivity index (χ1n) is 9.95. The van der Waals surface area contributed by atoms with Gasteiger partial charge in [-0.15, -0.1) is 0 Å². The molecule has 164 valence electrons. The molecule has 0 aliphatic heterocycles. The van der Waals surface area contributed by atoms with Crippen molar-refractivity contribution in [1.29, 1.82) is 0 Å². The van der Waals surface area contributed by atoms with Crippen LogP contribution in [-0.2, 0) is 21.4 Å².